The van der Waals surface area contributed by atoms with Crippen LogP contribution in [0.2, 0.25) is 0 Å². The van der Waals surface area contributed by atoms with E-state index in [1.807, 2.05) is 0 Å². The molecule has 3 aromatic rings. The fourth-order valence-corrected chi connectivity index (χ4v) is 4.83. The van der Waals surface area contributed by atoms with Gasteiger partial charge in [-0.2, -0.15) is 0 Å². The van der Waals surface area contributed by atoms with Crippen LogP contribution in [-0.4, -0.2) is 95.8 Å². The Morgan fingerprint density at radius 3 is 1.76 bits per heavy atom. The molecular weight excluding hydrogens is 508 g/mol. The lowest BCUT2D eigenvalue weighted by Gasteiger charge is -2.38. The minimum absolute atomic E-state index is 0.0475. The maximum atomic E-state index is 13.3. The molecule has 2 aliphatic rings. The lowest BCUT2D eigenvalue weighted by Crippen LogP contribution is -2.49. The predicted octanol–water partition coefficient (Wildman–Crippen LogP) is -1.12. The Morgan fingerprint density at radius 1 is 0.684 bits per heavy atom. The number of ether oxygens (including phenoxy) is 2. The van der Waals surface area contributed by atoms with Gasteiger partial charge >= 0.3 is 0 Å². The lowest BCUT2D eigenvalue weighted by molar-refractivity contribution is -0.191. The van der Waals surface area contributed by atoms with Crippen LogP contribution in [0, 0.1) is 0 Å². The van der Waals surface area contributed by atoms with Crippen LogP contribution in [0.5, 0.6) is 17.2 Å². The minimum Gasteiger partial charge on any atom is -0.508 e. The third-order valence-electron chi connectivity index (χ3n) is 6.92. The molecule has 2 fully saturated rings. The number of fused-ring (bicyclic) bond motifs is 1. The molecule has 0 bridgehead atoms. The average Bonchev–Trinajstić information content (AvgIpc) is 2.88. The van der Waals surface area contributed by atoms with Gasteiger partial charge in [0.2, 0.25) is 0 Å². The molecule has 13 heteroatoms. The summed E-state index contributed by atoms with van der Waals surface area (Å²) in [5, 5.41) is 93.1. The van der Waals surface area contributed by atoms with Crippen molar-refractivity contribution >= 4 is 11.0 Å². The Hall–Kier alpha value is -3.27. The van der Waals surface area contributed by atoms with Gasteiger partial charge in [0.1, 0.15) is 77.2 Å². The van der Waals surface area contributed by atoms with Crippen molar-refractivity contribution in [2.75, 3.05) is 13.2 Å². The van der Waals surface area contributed by atoms with Crippen LogP contribution in [-0.2, 0) is 9.47 Å². The second-order valence-corrected chi connectivity index (χ2v) is 9.36. The van der Waals surface area contributed by atoms with E-state index in [4.69, 9.17) is 13.9 Å². The zero-order valence-electron chi connectivity index (χ0n) is 19.6. The first-order valence-electron chi connectivity index (χ1n) is 11.7. The van der Waals surface area contributed by atoms with E-state index < -0.39 is 101 Å². The van der Waals surface area contributed by atoms with Gasteiger partial charge in [0.05, 0.1) is 24.3 Å². The summed E-state index contributed by atoms with van der Waals surface area (Å²) in [7, 11) is 0. The van der Waals surface area contributed by atoms with Gasteiger partial charge in [-0.25, -0.2) is 0 Å². The number of benzene rings is 2. The van der Waals surface area contributed by atoms with Crippen LogP contribution in [0.1, 0.15) is 23.3 Å². The van der Waals surface area contributed by atoms with Gasteiger partial charge < -0.3 is 59.8 Å². The molecule has 2 aromatic carbocycles. The molecule has 8 atom stereocenters. The minimum atomic E-state index is -1.85. The van der Waals surface area contributed by atoms with Gasteiger partial charge in [0, 0.05) is 11.6 Å². The number of hydrogen-bond acceptors (Lipinski definition) is 13. The van der Waals surface area contributed by atoms with Crippen LogP contribution in [0.4, 0.5) is 0 Å². The number of aromatic hydroxyl groups is 3. The molecule has 2 saturated heterocycles. The zero-order chi connectivity index (χ0) is 27.5. The Balaban J connectivity index is 1.80. The summed E-state index contributed by atoms with van der Waals surface area (Å²) >= 11 is 0. The van der Waals surface area contributed by atoms with Gasteiger partial charge in [-0.1, -0.05) is 0 Å². The van der Waals surface area contributed by atoms with E-state index in [0.717, 1.165) is 6.07 Å². The van der Waals surface area contributed by atoms with E-state index in [2.05, 4.69) is 0 Å². The van der Waals surface area contributed by atoms with Gasteiger partial charge in [0.15, 0.2) is 11.0 Å². The van der Waals surface area contributed by atoms with Crippen molar-refractivity contribution in [1.29, 1.82) is 0 Å². The number of phenols is 3. The normalized spacial score (nSPS) is 31.9. The smallest absolute Gasteiger partial charge is 0.197 e. The van der Waals surface area contributed by atoms with Gasteiger partial charge in [-0.3, -0.25) is 4.79 Å². The van der Waals surface area contributed by atoms with E-state index in [9.17, 15) is 50.8 Å². The Morgan fingerprint density at radius 2 is 1.21 bits per heavy atom. The van der Waals surface area contributed by atoms with Crippen LogP contribution in [0.25, 0.3) is 22.3 Å². The number of aliphatic hydroxyl groups excluding tert-OH is 6. The van der Waals surface area contributed by atoms with E-state index in [0.29, 0.717) is 5.56 Å². The Kier molecular flexibility index (Phi) is 6.79. The number of rotatable bonds is 3. The maximum Gasteiger partial charge on any atom is 0.197 e. The molecule has 0 spiro atoms. The second kappa shape index (κ2) is 9.80. The van der Waals surface area contributed by atoms with Crippen LogP contribution >= 0.6 is 0 Å². The molecule has 0 saturated carbocycles. The largest absolute Gasteiger partial charge is 0.508 e. The molecule has 2 aliphatic heterocycles. The fourth-order valence-electron chi connectivity index (χ4n) is 4.83. The molecule has 0 radical (unpaired) electrons. The summed E-state index contributed by atoms with van der Waals surface area (Å²) in [5.41, 5.74) is -1.86. The van der Waals surface area contributed by atoms with E-state index in [1.165, 1.54) is 24.3 Å². The Bertz CT molecular complexity index is 1400. The van der Waals surface area contributed by atoms with Crippen molar-refractivity contribution in [2.24, 2.45) is 0 Å². The van der Waals surface area contributed by atoms with Gasteiger partial charge in [0.25, 0.3) is 0 Å². The highest BCUT2D eigenvalue weighted by atomic mass is 16.5. The average molecular weight is 534 g/mol. The molecule has 0 aliphatic carbocycles. The topological polar surface area (TPSA) is 231 Å². The van der Waals surface area contributed by atoms with Crippen molar-refractivity contribution in [1.82, 2.24) is 0 Å². The molecule has 5 rings (SSSR count). The van der Waals surface area contributed by atoms with Gasteiger partial charge in [-0.05, 0) is 24.3 Å². The van der Waals surface area contributed by atoms with E-state index >= 15 is 0 Å². The molecular formula is C25H26O13. The highest BCUT2D eigenvalue weighted by Crippen LogP contribution is 2.50. The third kappa shape index (κ3) is 4.19. The predicted molar refractivity (Wildman–Crippen MR) is 126 cm³/mol. The summed E-state index contributed by atoms with van der Waals surface area (Å²) in [4.78, 5) is 13.3. The molecule has 9 N–H and O–H groups in total. The number of aliphatic hydroxyl groups is 6. The molecule has 13 nitrogen and oxygen atoms in total. The van der Waals surface area contributed by atoms with Crippen molar-refractivity contribution in [2.45, 2.75) is 48.8 Å². The summed E-state index contributed by atoms with van der Waals surface area (Å²) < 4.78 is 16.8. The summed E-state index contributed by atoms with van der Waals surface area (Å²) in [6, 6.07) is 6.60. The zero-order valence-corrected chi connectivity index (χ0v) is 19.6. The quantitative estimate of drug-likeness (QED) is 0.194. The van der Waals surface area contributed by atoms with Crippen molar-refractivity contribution in [3.8, 4) is 28.6 Å². The summed E-state index contributed by atoms with van der Waals surface area (Å²) in [6.07, 6.45) is -13.3. The maximum absolute atomic E-state index is 13.3. The molecule has 0 amide bonds. The second-order valence-electron chi connectivity index (χ2n) is 9.36. The monoisotopic (exact) mass is 534 g/mol. The summed E-state index contributed by atoms with van der Waals surface area (Å²) in [5.74, 6) is -1.80. The highest BCUT2D eigenvalue weighted by molar-refractivity contribution is 5.91. The number of phenolic OH excluding ortho intramolecular Hbond substituents is 3. The fraction of sp³-hybridized carbons (Fsp3) is 0.400. The van der Waals surface area contributed by atoms with Crippen molar-refractivity contribution < 1.29 is 59.8 Å². The molecule has 1 aromatic heterocycles. The molecule has 0 unspecified atom stereocenters. The highest BCUT2D eigenvalue weighted by Gasteiger charge is 2.46. The molecule has 38 heavy (non-hydrogen) atoms. The van der Waals surface area contributed by atoms with Crippen LogP contribution in [0.15, 0.2) is 39.5 Å². The van der Waals surface area contributed by atoms with E-state index in [-0.39, 0.29) is 11.5 Å². The summed E-state index contributed by atoms with van der Waals surface area (Å²) in [6.45, 7) is -0.966. The molecule has 3 heterocycles. The van der Waals surface area contributed by atoms with Crippen molar-refractivity contribution in [3.05, 3.63) is 51.7 Å². The third-order valence-corrected chi connectivity index (χ3v) is 6.92. The molecule has 204 valence electrons. The SMILES string of the molecule is O=c1cc(-c2ccc(O)cc2)oc2c([C@@H]3OC[C@@H](O)[C@@H](O)[C@H]3O)c(O)c([C@H]3OC[C@@H](O)[C@@H](O)[C@H]3O)c(O)c12. The van der Waals surface area contributed by atoms with E-state index in [1.54, 1.807) is 0 Å². The first-order valence-corrected chi connectivity index (χ1v) is 11.7. The van der Waals surface area contributed by atoms with Crippen molar-refractivity contribution in [3.63, 3.8) is 0 Å². The number of hydrogen-bond donors (Lipinski definition) is 9. The first kappa shape index (κ1) is 26.3. The van der Waals surface area contributed by atoms with Gasteiger partial charge in [-0.15, -0.1) is 0 Å². The lowest BCUT2D eigenvalue weighted by atomic mass is 9.87. The Labute approximate surface area is 213 Å². The van der Waals surface area contributed by atoms with Crippen LogP contribution < -0.4 is 5.43 Å². The standard InChI is InChI=1S/C25H26O13/c26-9-3-1-8(2-4-9)13-5-10(27)14-19(32)15(24-21(34)17(30)11(28)6-36-24)20(33)16(23(14)38-13)25-22(35)18(31)12(29)7-37-25/h1-5,11-12,17-18,21-22,24-26,28-35H,6-7H2/t11-,12-,17-,18-,21-,22-,24-,25+/m1/s1. The first-order chi connectivity index (χ1) is 18.0. The van der Waals surface area contributed by atoms with Crippen LogP contribution in [0.3, 0.4) is 0 Å².